The number of carbonyl (C=O) groups is 1. The molecule has 2 rings (SSSR count). The quantitative estimate of drug-likeness (QED) is 0.709. The number of carbonyl (C=O) groups excluding carboxylic acids is 1. The Morgan fingerprint density at radius 3 is 2.95 bits per heavy atom. The Balaban J connectivity index is 0.00000242. The summed E-state index contributed by atoms with van der Waals surface area (Å²) >= 11 is 0. The van der Waals surface area contributed by atoms with Gasteiger partial charge in [0.25, 0.3) is 0 Å². The number of hydrogen-bond acceptors (Lipinski definition) is 4. The van der Waals surface area contributed by atoms with Gasteiger partial charge in [-0.25, -0.2) is 0 Å². The largest absolute Gasteiger partial charge is 0.382 e. The molecule has 0 aliphatic carbocycles. The van der Waals surface area contributed by atoms with E-state index in [4.69, 9.17) is 9.47 Å². The Morgan fingerprint density at radius 2 is 2.14 bits per heavy atom. The third-order valence-electron chi connectivity index (χ3n) is 3.62. The summed E-state index contributed by atoms with van der Waals surface area (Å²) in [7, 11) is 1.63. The van der Waals surface area contributed by atoms with Gasteiger partial charge in [-0.3, -0.25) is 4.79 Å². The Bertz CT molecular complexity index is 457. The van der Waals surface area contributed by atoms with Crippen LogP contribution in [0.1, 0.15) is 23.6 Å². The smallest absolute Gasteiger partial charge is 0.222 e. The van der Waals surface area contributed by atoms with E-state index >= 15 is 0 Å². The van der Waals surface area contributed by atoms with Crippen LogP contribution in [0.25, 0.3) is 0 Å². The summed E-state index contributed by atoms with van der Waals surface area (Å²) in [5.41, 5.74) is 2.67. The van der Waals surface area contributed by atoms with Gasteiger partial charge in [0.2, 0.25) is 5.91 Å². The van der Waals surface area contributed by atoms with Crippen molar-refractivity contribution in [1.29, 1.82) is 0 Å². The lowest BCUT2D eigenvalue weighted by Crippen LogP contribution is -2.39. The van der Waals surface area contributed by atoms with Gasteiger partial charge in [0.1, 0.15) is 0 Å². The van der Waals surface area contributed by atoms with Gasteiger partial charge in [0.05, 0.1) is 19.8 Å². The molecular formula is C16H25ClN2O3. The van der Waals surface area contributed by atoms with Crippen molar-refractivity contribution in [2.75, 3.05) is 40.0 Å². The number of fused-ring (bicyclic) bond motifs is 1. The molecule has 0 fully saturated rings. The Kier molecular flexibility index (Phi) is 9.08. The molecule has 0 saturated carbocycles. The molecule has 0 spiro atoms. The molecule has 5 nitrogen and oxygen atoms in total. The minimum atomic E-state index is 0. The van der Waals surface area contributed by atoms with Crippen molar-refractivity contribution in [3.63, 3.8) is 0 Å². The van der Waals surface area contributed by atoms with Crippen LogP contribution >= 0.6 is 12.4 Å². The summed E-state index contributed by atoms with van der Waals surface area (Å²) in [5, 5.41) is 6.42. The Labute approximate surface area is 138 Å². The molecule has 22 heavy (non-hydrogen) atoms. The highest BCUT2D eigenvalue weighted by molar-refractivity contribution is 5.85. The number of rotatable bonds is 8. The maximum Gasteiger partial charge on any atom is 0.222 e. The van der Waals surface area contributed by atoms with Crippen LogP contribution < -0.4 is 10.6 Å². The molecule has 2 N–H and O–H groups in total. The van der Waals surface area contributed by atoms with Crippen LogP contribution in [0.4, 0.5) is 0 Å². The van der Waals surface area contributed by atoms with E-state index in [-0.39, 0.29) is 24.4 Å². The first-order valence-electron chi connectivity index (χ1n) is 7.46. The summed E-state index contributed by atoms with van der Waals surface area (Å²) < 4.78 is 10.2. The molecule has 1 atom stereocenters. The highest BCUT2D eigenvalue weighted by atomic mass is 35.5. The van der Waals surface area contributed by atoms with Crippen molar-refractivity contribution in [3.05, 3.63) is 35.4 Å². The topological polar surface area (TPSA) is 59.6 Å². The standard InChI is InChI=1S/C16H24N2O3.ClH/c1-20-10-11-21-9-7-16(19)18-12-15-14-5-3-2-4-13(14)6-8-17-15;/h2-5,15,17H,6-12H2,1H3,(H,18,19);1H. The van der Waals surface area contributed by atoms with Crippen LogP contribution in [-0.4, -0.2) is 45.9 Å². The van der Waals surface area contributed by atoms with Crippen molar-refractivity contribution in [2.45, 2.75) is 18.9 Å². The van der Waals surface area contributed by atoms with Crippen LogP contribution in [0.15, 0.2) is 24.3 Å². The lowest BCUT2D eigenvalue weighted by Gasteiger charge is -2.27. The first-order chi connectivity index (χ1) is 10.3. The van der Waals surface area contributed by atoms with Crippen molar-refractivity contribution in [3.8, 4) is 0 Å². The number of benzene rings is 1. The number of nitrogens with one attached hydrogen (secondary N) is 2. The van der Waals surface area contributed by atoms with Crippen molar-refractivity contribution in [2.24, 2.45) is 0 Å². The van der Waals surface area contributed by atoms with E-state index in [2.05, 4.69) is 28.8 Å². The zero-order valence-electron chi connectivity index (χ0n) is 13.0. The SMILES string of the molecule is COCCOCCC(=O)NCC1NCCc2ccccc21.Cl. The van der Waals surface area contributed by atoms with Gasteiger partial charge >= 0.3 is 0 Å². The van der Waals surface area contributed by atoms with Gasteiger partial charge < -0.3 is 20.1 Å². The van der Waals surface area contributed by atoms with Crippen molar-refractivity contribution in [1.82, 2.24) is 10.6 Å². The van der Waals surface area contributed by atoms with E-state index in [1.54, 1.807) is 7.11 Å². The van der Waals surface area contributed by atoms with Gasteiger partial charge in [0.15, 0.2) is 0 Å². The second kappa shape index (κ2) is 10.6. The molecule has 0 saturated heterocycles. The fourth-order valence-electron chi connectivity index (χ4n) is 2.49. The number of amides is 1. The van der Waals surface area contributed by atoms with E-state index in [0.29, 0.717) is 32.8 Å². The maximum atomic E-state index is 11.8. The summed E-state index contributed by atoms with van der Waals surface area (Å²) in [6.07, 6.45) is 1.44. The predicted molar refractivity (Wildman–Crippen MR) is 88.5 cm³/mol. The second-order valence-electron chi connectivity index (χ2n) is 5.11. The average molecular weight is 329 g/mol. The zero-order chi connectivity index (χ0) is 14.9. The van der Waals surface area contributed by atoms with Gasteiger partial charge in [-0.1, -0.05) is 24.3 Å². The molecule has 1 aromatic rings. The number of halogens is 1. The summed E-state index contributed by atoms with van der Waals surface area (Å²) in [4.78, 5) is 11.8. The average Bonchev–Trinajstić information content (AvgIpc) is 2.52. The molecule has 0 bridgehead atoms. The Morgan fingerprint density at radius 1 is 1.32 bits per heavy atom. The zero-order valence-corrected chi connectivity index (χ0v) is 13.8. The first kappa shape index (κ1) is 18.9. The molecule has 124 valence electrons. The highest BCUT2D eigenvalue weighted by Gasteiger charge is 2.19. The van der Waals surface area contributed by atoms with Crippen LogP contribution in [0.5, 0.6) is 0 Å². The van der Waals surface area contributed by atoms with E-state index in [1.165, 1.54) is 11.1 Å². The van der Waals surface area contributed by atoms with E-state index < -0.39 is 0 Å². The maximum absolute atomic E-state index is 11.8. The fourth-order valence-corrected chi connectivity index (χ4v) is 2.49. The molecule has 0 radical (unpaired) electrons. The normalized spacial score (nSPS) is 16.5. The second-order valence-corrected chi connectivity index (χ2v) is 5.11. The summed E-state index contributed by atoms with van der Waals surface area (Å²) in [6, 6.07) is 8.61. The summed E-state index contributed by atoms with van der Waals surface area (Å²) in [6.45, 7) is 3.10. The van der Waals surface area contributed by atoms with Gasteiger partial charge in [-0.2, -0.15) is 0 Å². The minimum absolute atomic E-state index is 0. The molecule has 1 aliphatic heterocycles. The third kappa shape index (κ3) is 5.93. The third-order valence-corrected chi connectivity index (χ3v) is 3.62. The lowest BCUT2D eigenvalue weighted by atomic mass is 9.94. The van der Waals surface area contributed by atoms with Gasteiger partial charge in [-0.15, -0.1) is 12.4 Å². The van der Waals surface area contributed by atoms with Gasteiger partial charge in [0, 0.05) is 26.1 Å². The molecule has 1 aromatic carbocycles. The molecule has 0 aromatic heterocycles. The van der Waals surface area contributed by atoms with Crippen molar-refractivity contribution < 1.29 is 14.3 Å². The van der Waals surface area contributed by atoms with E-state index in [0.717, 1.165) is 13.0 Å². The molecule has 1 aliphatic rings. The van der Waals surface area contributed by atoms with E-state index in [9.17, 15) is 4.79 Å². The van der Waals surface area contributed by atoms with Gasteiger partial charge in [-0.05, 0) is 24.1 Å². The monoisotopic (exact) mass is 328 g/mol. The lowest BCUT2D eigenvalue weighted by molar-refractivity contribution is -0.122. The van der Waals surface area contributed by atoms with Crippen LogP contribution in [-0.2, 0) is 20.7 Å². The van der Waals surface area contributed by atoms with E-state index in [1.807, 2.05) is 6.07 Å². The van der Waals surface area contributed by atoms with Crippen LogP contribution in [0, 0.1) is 0 Å². The number of hydrogen-bond donors (Lipinski definition) is 2. The highest BCUT2D eigenvalue weighted by Crippen LogP contribution is 2.21. The number of ether oxygens (including phenoxy) is 2. The predicted octanol–water partition coefficient (Wildman–Crippen LogP) is 1.46. The van der Waals surface area contributed by atoms with Crippen LogP contribution in [0.2, 0.25) is 0 Å². The van der Waals surface area contributed by atoms with Crippen LogP contribution in [0.3, 0.4) is 0 Å². The molecule has 6 heteroatoms. The minimum Gasteiger partial charge on any atom is -0.382 e. The Hall–Kier alpha value is -1.14. The fraction of sp³-hybridized carbons (Fsp3) is 0.562. The number of methoxy groups -OCH3 is 1. The molecule has 1 amide bonds. The molecule has 1 unspecified atom stereocenters. The summed E-state index contributed by atoms with van der Waals surface area (Å²) in [5.74, 6) is 0.0253. The first-order valence-corrected chi connectivity index (χ1v) is 7.46. The van der Waals surface area contributed by atoms with Crippen molar-refractivity contribution >= 4 is 18.3 Å². The molecule has 1 heterocycles. The molecular weight excluding hydrogens is 304 g/mol.